The zero-order valence-corrected chi connectivity index (χ0v) is 16.5. The summed E-state index contributed by atoms with van der Waals surface area (Å²) in [6.45, 7) is 3.71. The molecule has 4 rings (SSSR count). The summed E-state index contributed by atoms with van der Waals surface area (Å²) in [5.74, 6) is 0.153. The molecule has 0 saturated carbocycles. The van der Waals surface area contributed by atoms with E-state index in [4.69, 9.17) is 4.74 Å². The first-order valence-corrected chi connectivity index (χ1v) is 10.9. The molecule has 2 aliphatic rings. The number of sulfonamides is 1. The Balaban J connectivity index is 1.51. The van der Waals surface area contributed by atoms with Gasteiger partial charge in [0, 0.05) is 24.5 Å². The molecule has 8 heteroatoms. The van der Waals surface area contributed by atoms with Crippen molar-refractivity contribution in [2.75, 3.05) is 28.0 Å². The summed E-state index contributed by atoms with van der Waals surface area (Å²) in [7, 11) is -3.79. The second-order valence-corrected chi connectivity index (χ2v) is 8.79. The number of carbonyl (C=O) groups is 1. The van der Waals surface area contributed by atoms with E-state index in [-0.39, 0.29) is 10.8 Å². The van der Waals surface area contributed by atoms with Crippen molar-refractivity contribution in [2.24, 2.45) is 0 Å². The minimum atomic E-state index is -3.79. The third-order valence-electron chi connectivity index (χ3n) is 5.03. The molecule has 2 N–H and O–H groups in total. The van der Waals surface area contributed by atoms with Crippen molar-refractivity contribution < 1.29 is 17.9 Å². The average molecular weight is 401 g/mol. The van der Waals surface area contributed by atoms with Gasteiger partial charge in [-0.1, -0.05) is 0 Å². The first-order valence-electron chi connectivity index (χ1n) is 9.42. The Morgan fingerprint density at radius 3 is 2.50 bits per heavy atom. The molecular weight excluding hydrogens is 378 g/mol. The molecule has 28 heavy (non-hydrogen) atoms. The van der Waals surface area contributed by atoms with Crippen LogP contribution in [0.25, 0.3) is 0 Å². The summed E-state index contributed by atoms with van der Waals surface area (Å²) in [5, 5.41) is 2.67. The van der Waals surface area contributed by atoms with E-state index in [0.29, 0.717) is 17.1 Å². The molecule has 2 aromatic rings. The summed E-state index contributed by atoms with van der Waals surface area (Å²) in [4.78, 5) is 14.1. The molecule has 0 spiro atoms. The van der Waals surface area contributed by atoms with Gasteiger partial charge in [0.2, 0.25) is 0 Å². The first kappa shape index (κ1) is 18.6. The second-order valence-electron chi connectivity index (χ2n) is 7.11. The number of benzene rings is 2. The van der Waals surface area contributed by atoms with Gasteiger partial charge in [-0.3, -0.25) is 9.52 Å². The van der Waals surface area contributed by atoms with Gasteiger partial charge in [-0.2, -0.15) is 0 Å². The van der Waals surface area contributed by atoms with Gasteiger partial charge in [0.05, 0.1) is 10.6 Å². The summed E-state index contributed by atoms with van der Waals surface area (Å²) in [6.07, 6.45) is 3.03. The van der Waals surface area contributed by atoms with E-state index in [0.717, 1.165) is 18.8 Å². The second kappa shape index (κ2) is 7.35. The van der Waals surface area contributed by atoms with Crippen LogP contribution in [0.2, 0.25) is 0 Å². The SMILES string of the molecule is CC1Oc2ccc(S(=O)(=O)Nc3ccc(N4CCCCC4)cc3)cc2NC1=O. The maximum atomic E-state index is 12.7. The molecule has 1 fully saturated rings. The van der Waals surface area contributed by atoms with Crippen LogP contribution in [0.5, 0.6) is 5.75 Å². The topological polar surface area (TPSA) is 87.7 Å². The number of nitrogens with zero attached hydrogens (tertiary/aromatic N) is 1. The van der Waals surface area contributed by atoms with E-state index in [1.54, 1.807) is 25.1 Å². The number of hydrogen-bond acceptors (Lipinski definition) is 5. The standard InChI is InChI=1S/C20H23N3O4S/c1-14-20(24)21-18-13-17(9-10-19(18)27-14)28(25,26)22-15-5-7-16(8-6-15)23-11-3-2-4-12-23/h5-10,13-14,22H,2-4,11-12H2,1H3,(H,21,24). The van der Waals surface area contributed by atoms with Crippen molar-refractivity contribution in [3.05, 3.63) is 42.5 Å². The van der Waals surface area contributed by atoms with Crippen LogP contribution in [0.4, 0.5) is 17.1 Å². The number of hydrogen-bond donors (Lipinski definition) is 2. The molecule has 0 bridgehead atoms. The lowest BCUT2D eigenvalue weighted by molar-refractivity contribution is -0.122. The van der Waals surface area contributed by atoms with Crippen LogP contribution >= 0.6 is 0 Å². The summed E-state index contributed by atoms with van der Waals surface area (Å²) in [6, 6.07) is 11.8. The Labute approximate surface area is 164 Å². The largest absolute Gasteiger partial charge is 0.479 e. The molecule has 2 aromatic carbocycles. The minimum Gasteiger partial charge on any atom is -0.479 e. The van der Waals surface area contributed by atoms with Crippen LogP contribution in [0, 0.1) is 0 Å². The van der Waals surface area contributed by atoms with Crippen LogP contribution in [0.15, 0.2) is 47.4 Å². The maximum absolute atomic E-state index is 12.7. The highest BCUT2D eigenvalue weighted by Gasteiger charge is 2.25. The van der Waals surface area contributed by atoms with E-state index in [2.05, 4.69) is 14.9 Å². The van der Waals surface area contributed by atoms with Crippen LogP contribution in [-0.4, -0.2) is 33.5 Å². The van der Waals surface area contributed by atoms with E-state index in [1.807, 2.05) is 12.1 Å². The fraction of sp³-hybridized carbons (Fsp3) is 0.350. The third kappa shape index (κ3) is 3.77. The lowest BCUT2D eigenvalue weighted by Crippen LogP contribution is -2.34. The first-order chi connectivity index (χ1) is 13.4. The van der Waals surface area contributed by atoms with Gasteiger partial charge in [-0.05, 0) is 68.7 Å². The number of amides is 1. The van der Waals surface area contributed by atoms with Gasteiger partial charge >= 0.3 is 0 Å². The van der Waals surface area contributed by atoms with E-state index in [1.165, 1.54) is 31.4 Å². The molecule has 0 radical (unpaired) electrons. The Morgan fingerprint density at radius 2 is 1.79 bits per heavy atom. The van der Waals surface area contributed by atoms with Crippen molar-refractivity contribution in [1.82, 2.24) is 0 Å². The van der Waals surface area contributed by atoms with Crippen LogP contribution in [0.3, 0.4) is 0 Å². The molecule has 0 aliphatic carbocycles. The van der Waals surface area contributed by atoms with Crippen molar-refractivity contribution in [3.8, 4) is 5.75 Å². The molecular formula is C20H23N3O4S. The Kier molecular flexibility index (Phi) is 4.89. The predicted octanol–water partition coefficient (Wildman–Crippen LogP) is 3.20. The highest BCUT2D eigenvalue weighted by Crippen LogP contribution is 2.32. The predicted molar refractivity (Wildman–Crippen MR) is 108 cm³/mol. The molecule has 148 valence electrons. The summed E-state index contributed by atoms with van der Waals surface area (Å²) in [5.41, 5.74) is 1.95. The van der Waals surface area contributed by atoms with Crippen LogP contribution in [0.1, 0.15) is 26.2 Å². The maximum Gasteiger partial charge on any atom is 0.265 e. The Hall–Kier alpha value is -2.74. The van der Waals surface area contributed by atoms with Gasteiger partial charge in [0.15, 0.2) is 6.10 Å². The van der Waals surface area contributed by atoms with Gasteiger partial charge in [-0.15, -0.1) is 0 Å². The van der Waals surface area contributed by atoms with Crippen LogP contribution in [-0.2, 0) is 14.8 Å². The van der Waals surface area contributed by atoms with Gasteiger partial charge in [-0.25, -0.2) is 8.42 Å². The van der Waals surface area contributed by atoms with Crippen molar-refractivity contribution >= 4 is 33.0 Å². The number of nitrogens with one attached hydrogen (secondary N) is 2. The summed E-state index contributed by atoms with van der Waals surface area (Å²) < 4.78 is 33.6. The van der Waals surface area contributed by atoms with Crippen molar-refractivity contribution in [3.63, 3.8) is 0 Å². The molecule has 2 aliphatic heterocycles. The molecule has 1 unspecified atom stereocenters. The van der Waals surface area contributed by atoms with E-state index >= 15 is 0 Å². The number of piperidine rings is 1. The monoisotopic (exact) mass is 401 g/mol. The van der Waals surface area contributed by atoms with E-state index < -0.39 is 16.1 Å². The molecule has 2 heterocycles. The summed E-state index contributed by atoms with van der Waals surface area (Å²) >= 11 is 0. The number of fused-ring (bicyclic) bond motifs is 1. The van der Waals surface area contributed by atoms with Gasteiger partial charge in [0.1, 0.15) is 5.75 Å². The molecule has 7 nitrogen and oxygen atoms in total. The molecule has 1 saturated heterocycles. The highest BCUT2D eigenvalue weighted by molar-refractivity contribution is 7.92. The normalized spacial score (nSPS) is 19.4. The molecule has 1 atom stereocenters. The zero-order chi connectivity index (χ0) is 19.7. The third-order valence-corrected chi connectivity index (χ3v) is 6.41. The minimum absolute atomic E-state index is 0.0600. The average Bonchev–Trinajstić information content (AvgIpc) is 2.69. The van der Waals surface area contributed by atoms with Crippen molar-refractivity contribution in [1.29, 1.82) is 0 Å². The fourth-order valence-electron chi connectivity index (χ4n) is 3.46. The number of anilines is 3. The zero-order valence-electron chi connectivity index (χ0n) is 15.6. The fourth-order valence-corrected chi connectivity index (χ4v) is 4.55. The Bertz CT molecular complexity index is 983. The van der Waals surface area contributed by atoms with E-state index in [9.17, 15) is 13.2 Å². The quantitative estimate of drug-likeness (QED) is 0.821. The number of ether oxygens (including phenoxy) is 1. The Morgan fingerprint density at radius 1 is 1.07 bits per heavy atom. The van der Waals surface area contributed by atoms with Gasteiger partial charge in [0.25, 0.3) is 15.9 Å². The lowest BCUT2D eigenvalue weighted by atomic mass is 10.1. The number of rotatable bonds is 4. The van der Waals surface area contributed by atoms with Crippen molar-refractivity contribution in [2.45, 2.75) is 37.2 Å². The number of carbonyl (C=O) groups excluding carboxylic acids is 1. The lowest BCUT2D eigenvalue weighted by Gasteiger charge is -2.28. The van der Waals surface area contributed by atoms with Crippen LogP contribution < -0.4 is 19.7 Å². The van der Waals surface area contributed by atoms with Gasteiger partial charge < -0.3 is 15.0 Å². The molecule has 1 amide bonds. The highest BCUT2D eigenvalue weighted by atomic mass is 32.2. The molecule has 0 aromatic heterocycles. The smallest absolute Gasteiger partial charge is 0.265 e.